The molecule has 3 aromatic rings. The highest BCUT2D eigenvalue weighted by Gasteiger charge is 2.31. The van der Waals surface area contributed by atoms with Gasteiger partial charge in [-0.3, -0.25) is 0 Å². The summed E-state index contributed by atoms with van der Waals surface area (Å²) in [4.78, 5) is 4.47. The zero-order valence-corrected chi connectivity index (χ0v) is 13.9. The lowest BCUT2D eigenvalue weighted by atomic mass is 10.1. The number of benzene rings is 2. The van der Waals surface area contributed by atoms with Crippen molar-refractivity contribution in [1.82, 2.24) is 4.98 Å². The molecule has 25 heavy (non-hydrogen) atoms. The molecule has 0 unspecified atom stereocenters. The van der Waals surface area contributed by atoms with Gasteiger partial charge in [-0.1, -0.05) is 30.7 Å². The fraction of sp³-hybridized carbons (Fsp3) is 0.167. The zero-order chi connectivity index (χ0) is 18.0. The number of alkyl halides is 3. The van der Waals surface area contributed by atoms with E-state index in [9.17, 15) is 13.2 Å². The third kappa shape index (κ3) is 4.14. The molecular weight excluding hydrogens is 353 g/mol. The Bertz CT molecular complexity index is 912. The molecule has 0 saturated heterocycles. The summed E-state index contributed by atoms with van der Waals surface area (Å²) in [6.07, 6.45) is -4.18. The van der Waals surface area contributed by atoms with Gasteiger partial charge in [0.1, 0.15) is 11.6 Å². The molecule has 7 heteroatoms. The molecule has 1 aromatic heterocycles. The van der Waals surface area contributed by atoms with Gasteiger partial charge in [-0.25, -0.2) is 4.98 Å². The number of nitrogens with one attached hydrogen (secondary N) is 1. The monoisotopic (exact) mass is 366 g/mol. The van der Waals surface area contributed by atoms with Gasteiger partial charge in [-0.05, 0) is 48.4 Å². The summed E-state index contributed by atoms with van der Waals surface area (Å²) in [6, 6.07) is 13.3. The molecule has 130 valence electrons. The number of hydrogen-bond acceptors (Lipinski definition) is 3. The van der Waals surface area contributed by atoms with Crippen LogP contribution in [0.2, 0.25) is 5.02 Å². The van der Waals surface area contributed by atoms with Crippen molar-refractivity contribution in [2.75, 3.05) is 5.32 Å². The highest BCUT2D eigenvalue weighted by Crippen LogP contribution is 2.30. The second-order valence-electron chi connectivity index (χ2n) is 5.35. The van der Waals surface area contributed by atoms with Crippen LogP contribution in [0.15, 0.2) is 48.5 Å². The van der Waals surface area contributed by atoms with Crippen molar-refractivity contribution < 1.29 is 17.9 Å². The number of aryl methyl sites for hydroxylation is 1. The van der Waals surface area contributed by atoms with Crippen LogP contribution in [-0.4, -0.2) is 11.3 Å². The summed E-state index contributed by atoms with van der Waals surface area (Å²) in [7, 11) is 0. The lowest BCUT2D eigenvalue weighted by molar-refractivity contribution is -0.274. The fourth-order valence-electron chi connectivity index (χ4n) is 2.50. The van der Waals surface area contributed by atoms with Gasteiger partial charge in [0.25, 0.3) is 0 Å². The summed E-state index contributed by atoms with van der Waals surface area (Å²) >= 11 is 6.16. The van der Waals surface area contributed by atoms with Gasteiger partial charge < -0.3 is 10.1 Å². The molecular formula is C18H14ClF3N2O. The number of halogens is 4. The summed E-state index contributed by atoms with van der Waals surface area (Å²) < 4.78 is 41.0. The second kappa shape index (κ2) is 6.80. The number of anilines is 2. The molecule has 0 saturated carbocycles. The van der Waals surface area contributed by atoms with Crippen LogP contribution in [0.3, 0.4) is 0 Å². The zero-order valence-electron chi connectivity index (χ0n) is 13.2. The van der Waals surface area contributed by atoms with Crippen molar-refractivity contribution in [2.45, 2.75) is 19.7 Å². The molecule has 2 aromatic carbocycles. The van der Waals surface area contributed by atoms with Crippen LogP contribution in [0, 0.1) is 0 Å². The first-order valence-corrected chi connectivity index (χ1v) is 7.94. The fourth-order valence-corrected chi connectivity index (χ4v) is 2.72. The first-order chi connectivity index (χ1) is 11.9. The average molecular weight is 367 g/mol. The third-order valence-corrected chi connectivity index (χ3v) is 3.93. The molecule has 3 rings (SSSR count). The second-order valence-corrected chi connectivity index (χ2v) is 5.76. The van der Waals surface area contributed by atoms with Gasteiger partial charge in [0.15, 0.2) is 0 Å². The van der Waals surface area contributed by atoms with Crippen LogP contribution in [0.4, 0.5) is 24.7 Å². The molecule has 3 nitrogen and oxygen atoms in total. The van der Waals surface area contributed by atoms with E-state index in [1.165, 1.54) is 12.1 Å². The lowest BCUT2D eigenvalue weighted by Crippen LogP contribution is -2.17. The quantitative estimate of drug-likeness (QED) is 0.606. The van der Waals surface area contributed by atoms with Crippen LogP contribution in [0.25, 0.3) is 10.9 Å². The van der Waals surface area contributed by atoms with Crippen molar-refractivity contribution in [2.24, 2.45) is 0 Å². The van der Waals surface area contributed by atoms with Crippen molar-refractivity contribution >= 4 is 34.0 Å². The van der Waals surface area contributed by atoms with E-state index in [4.69, 9.17) is 11.6 Å². The summed E-state index contributed by atoms with van der Waals surface area (Å²) in [6.45, 7) is 1.85. The Balaban J connectivity index is 1.91. The highest BCUT2D eigenvalue weighted by atomic mass is 35.5. The van der Waals surface area contributed by atoms with Gasteiger partial charge in [0, 0.05) is 11.1 Å². The molecule has 0 fully saturated rings. The van der Waals surface area contributed by atoms with E-state index >= 15 is 0 Å². The van der Waals surface area contributed by atoms with E-state index in [-0.39, 0.29) is 5.75 Å². The number of pyridine rings is 1. The minimum absolute atomic E-state index is 0.246. The van der Waals surface area contributed by atoms with Crippen LogP contribution in [0.5, 0.6) is 5.75 Å². The predicted molar refractivity (Wildman–Crippen MR) is 92.5 cm³/mol. The first kappa shape index (κ1) is 17.4. The minimum atomic E-state index is -4.71. The maximum atomic E-state index is 12.4. The van der Waals surface area contributed by atoms with Crippen LogP contribution < -0.4 is 10.1 Å². The third-order valence-electron chi connectivity index (χ3n) is 3.62. The Morgan fingerprint density at radius 2 is 1.92 bits per heavy atom. The SMILES string of the molecule is CCc1cc(OC(F)(F)F)ccc1Nc1ccc2cccc(Cl)c2n1. The molecule has 0 spiro atoms. The predicted octanol–water partition coefficient (Wildman–Crippen LogP) is 6.09. The molecule has 0 aliphatic carbocycles. The Morgan fingerprint density at radius 3 is 2.64 bits per heavy atom. The maximum Gasteiger partial charge on any atom is 0.573 e. The van der Waals surface area contributed by atoms with Crippen molar-refractivity contribution in [1.29, 1.82) is 0 Å². The van der Waals surface area contributed by atoms with E-state index < -0.39 is 6.36 Å². The topological polar surface area (TPSA) is 34.1 Å². The summed E-state index contributed by atoms with van der Waals surface area (Å²) in [5.41, 5.74) is 2.00. The number of rotatable bonds is 4. The number of nitrogens with zero attached hydrogens (tertiary/aromatic N) is 1. The Morgan fingerprint density at radius 1 is 1.12 bits per heavy atom. The van der Waals surface area contributed by atoms with Gasteiger partial charge >= 0.3 is 6.36 Å². The van der Waals surface area contributed by atoms with E-state index in [0.29, 0.717) is 34.0 Å². The van der Waals surface area contributed by atoms with Gasteiger partial charge in [-0.15, -0.1) is 13.2 Å². The number of ether oxygens (including phenoxy) is 1. The normalized spacial score (nSPS) is 11.6. The molecule has 0 amide bonds. The minimum Gasteiger partial charge on any atom is -0.406 e. The van der Waals surface area contributed by atoms with Crippen molar-refractivity contribution in [3.05, 3.63) is 59.1 Å². The van der Waals surface area contributed by atoms with E-state index in [1.807, 2.05) is 25.1 Å². The van der Waals surface area contributed by atoms with Crippen LogP contribution >= 0.6 is 11.6 Å². The van der Waals surface area contributed by atoms with Crippen molar-refractivity contribution in [3.8, 4) is 5.75 Å². The van der Waals surface area contributed by atoms with E-state index in [2.05, 4.69) is 15.0 Å². The first-order valence-electron chi connectivity index (χ1n) is 7.56. The number of aromatic nitrogens is 1. The average Bonchev–Trinajstić information content (AvgIpc) is 2.55. The molecule has 1 N–H and O–H groups in total. The Kier molecular flexibility index (Phi) is 4.72. The molecule has 0 aliphatic rings. The van der Waals surface area contributed by atoms with Crippen molar-refractivity contribution in [3.63, 3.8) is 0 Å². The molecule has 0 radical (unpaired) electrons. The highest BCUT2D eigenvalue weighted by molar-refractivity contribution is 6.35. The summed E-state index contributed by atoms with van der Waals surface area (Å²) in [5.74, 6) is 0.309. The standard InChI is InChI=1S/C18H14ClF3N2O/c1-2-11-10-13(25-18(20,21)22)7-8-15(11)23-16-9-6-12-4-3-5-14(19)17(12)24-16/h3-10H,2H2,1H3,(H,23,24). The maximum absolute atomic E-state index is 12.4. The number of hydrogen-bond donors (Lipinski definition) is 1. The van der Waals surface area contributed by atoms with Gasteiger partial charge in [-0.2, -0.15) is 0 Å². The Hall–Kier alpha value is -2.47. The summed E-state index contributed by atoms with van der Waals surface area (Å²) in [5, 5.41) is 4.56. The van der Waals surface area contributed by atoms with Crippen LogP contribution in [0.1, 0.15) is 12.5 Å². The van der Waals surface area contributed by atoms with Crippen LogP contribution in [-0.2, 0) is 6.42 Å². The lowest BCUT2D eigenvalue weighted by Gasteiger charge is -2.14. The van der Waals surface area contributed by atoms with Gasteiger partial charge in [0.05, 0.1) is 10.5 Å². The molecule has 0 atom stereocenters. The molecule has 0 aliphatic heterocycles. The van der Waals surface area contributed by atoms with E-state index in [1.54, 1.807) is 18.2 Å². The number of fused-ring (bicyclic) bond motifs is 1. The largest absolute Gasteiger partial charge is 0.573 e. The smallest absolute Gasteiger partial charge is 0.406 e. The van der Waals surface area contributed by atoms with Gasteiger partial charge in [0.2, 0.25) is 0 Å². The Labute approximate surface area is 147 Å². The van der Waals surface area contributed by atoms with E-state index in [0.717, 1.165) is 5.39 Å². The molecule has 1 heterocycles. The molecule has 0 bridgehead atoms. The number of para-hydroxylation sites is 1.